The number of ether oxygens (including phenoxy) is 1. The summed E-state index contributed by atoms with van der Waals surface area (Å²) in [5.74, 6) is -0.000854. The molecule has 1 saturated heterocycles. The Morgan fingerprint density at radius 3 is 2.67 bits per heavy atom. The molecule has 2 amide bonds. The third-order valence-electron chi connectivity index (χ3n) is 5.60. The van der Waals surface area contributed by atoms with E-state index in [1.54, 1.807) is 16.9 Å². The molecule has 2 atom stereocenters. The van der Waals surface area contributed by atoms with Gasteiger partial charge in [-0.15, -0.1) is 0 Å². The Hall–Kier alpha value is -1.14. The molecule has 2 fully saturated rings. The summed E-state index contributed by atoms with van der Waals surface area (Å²) in [6.45, 7) is 8.19. The highest BCUT2D eigenvalue weighted by molar-refractivity contribution is 5.86. The lowest BCUT2D eigenvalue weighted by Crippen LogP contribution is -2.69. The van der Waals surface area contributed by atoms with Gasteiger partial charge in [-0.2, -0.15) is 0 Å². The number of hydrogen-bond donors (Lipinski definition) is 1. The average Bonchev–Trinajstić information content (AvgIpc) is 2.45. The number of methoxy groups -OCH3 is 1. The summed E-state index contributed by atoms with van der Waals surface area (Å²) >= 11 is 0. The smallest absolute Gasteiger partial charge is 0.242 e. The van der Waals surface area contributed by atoms with E-state index in [1.165, 1.54) is 0 Å². The first-order valence-corrected chi connectivity index (χ1v) is 7.52. The van der Waals surface area contributed by atoms with Gasteiger partial charge < -0.3 is 19.9 Å². The molecule has 1 aliphatic carbocycles. The van der Waals surface area contributed by atoms with Crippen LogP contribution in [0, 0.1) is 5.41 Å². The Morgan fingerprint density at radius 1 is 1.48 bits per heavy atom. The second kappa shape index (κ2) is 5.57. The number of carbonyl (C=O) groups is 2. The van der Waals surface area contributed by atoms with Gasteiger partial charge in [0.2, 0.25) is 11.8 Å². The minimum absolute atomic E-state index is 0.00137. The van der Waals surface area contributed by atoms with Gasteiger partial charge in [0.25, 0.3) is 0 Å². The fourth-order valence-electron chi connectivity index (χ4n) is 3.34. The Labute approximate surface area is 126 Å². The molecule has 6 nitrogen and oxygen atoms in total. The predicted octanol–water partition coefficient (Wildman–Crippen LogP) is 0.0802. The summed E-state index contributed by atoms with van der Waals surface area (Å²) in [6.07, 6.45) is 0.828. The van der Waals surface area contributed by atoms with Crippen molar-refractivity contribution < 1.29 is 14.3 Å². The predicted molar refractivity (Wildman–Crippen MR) is 79.8 cm³/mol. The van der Waals surface area contributed by atoms with Gasteiger partial charge >= 0.3 is 0 Å². The molecule has 6 heteroatoms. The van der Waals surface area contributed by atoms with Crippen LogP contribution in [0.1, 0.15) is 27.2 Å². The van der Waals surface area contributed by atoms with Crippen LogP contribution in [0.5, 0.6) is 0 Å². The van der Waals surface area contributed by atoms with E-state index < -0.39 is 0 Å². The zero-order valence-corrected chi connectivity index (χ0v) is 13.7. The van der Waals surface area contributed by atoms with Crippen molar-refractivity contribution in [2.45, 2.75) is 38.8 Å². The average molecular weight is 297 g/mol. The highest BCUT2D eigenvalue weighted by Crippen LogP contribution is 2.53. The van der Waals surface area contributed by atoms with Crippen LogP contribution < -0.4 is 5.32 Å². The van der Waals surface area contributed by atoms with Crippen molar-refractivity contribution in [3.8, 4) is 0 Å². The van der Waals surface area contributed by atoms with Crippen LogP contribution in [-0.4, -0.2) is 73.6 Å². The van der Waals surface area contributed by atoms with Crippen LogP contribution in [0.4, 0.5) is 0 Å². The van der Waals surface area contributed by atoms with Crippen LogP contribution in [-0.2, 0) is 14.3 Å². The maximum absolute atomic E-state index is 12.4. The SMILES string of the molecule is CO[C@@]1(C)C[C@@H](N(C)C(=O)CN2CCNCC2=O)C1(C)C. The van der Waals surface area contributed by atoms with Crippen molar-refractivity contribution in [2.75, 3.05) is 40.3 Å². The van der Waals surface area contributed by atoms with Crippen molar-refractivity contribution in [1.82, 2.24) is 15.1 Å². The lowest BCUT2D eigenvalue weighted by atomic mass is 9.55. The Bertz CT molecular complexity index is 438. The summed E-state index contributed by atoms with van der Waals surface area (Å²) < 4.78 is 5.61. The van der Waals surface area contributed by atoms with Gasteiger partial charge in [0.05, 0.1) is 18.7 Å². The minimum atomic E-state index is -0.197. The van der Waals surface area contributed by atoms with Gasteiger partial charge in [-0.25, -0.2) is 0 Å². The molecule has 1 aliphatic heterocycles. The molecule has 0 bridgehead atoms. The molecule has 0 aromatic carbocycles. The first-order valence-electron chi connectivity index (χ1n) is 7.52. The minimum Gasteiger partial charge on any atom is -0.378 e. The maximum atomic E-state index is 12.4. The summed E-state index contributed by atoms with van der Waals surface area (Å²) in [5.41, 5.74) is -0.295. The van der Waals surface area contributed by atoms with Crippen LogP contribution in [0.3, 0.4) is 0 Å². The van der Waals surface area contributed by atoms with E-state index in [1.807, 2.05) is 7.05 Å². The Morgan fingerprint density at radius 2 is 2.14 bits per heavy atom. The highest BCUT2D eigenvalue weighted by Gasteiger charge is 2.59. The first kappa shape index (κ1) is 16.2. The summed E-state index contributed by atoms with van der Waals surface area (Å²) in [4.78, 5) is 27.6. The zero-order chi connectivity index (χ0) is 15.8. The number of nitrogens with one attached hydrogen (secondary N) is 1. The molecule has 120 valence electrons. The van der Waals surface area contributed by atoms with E-state index in [-0.39, 0.29) is 35.4 Å². The second-order valence-electron chi connectivity index (χ2n) is 6.87. The fourth-order valence-corrected chi connectivity index (χ4v) is 3.34. The van der Waals surface area contributed by atoms with Crippen LogP contribution >= 0.6 is 0 Å². The molecule has 1 N–H and O–H groups in total. The van der Waals surface area contributed by atoms with Crippen LogP contribution in [0.25, 0.3) is 0 Å². The van der Waals surface area contributed by atoms with Gasteiger partial charge in [-0.05, 0) is 13.3 Å². The van der Waals surface area contributed by atoms with Crippen molar-refractivity contribution in [3.05, 3.63) is 0 Å². The number of hydrogen-bond acceptors (Lipinski definition) is 4. The topological polar surface area (TPSA) is 61.9 Å². The molecule has 0 unspecified atom stereocenters. The molecule has 21 heavy (non-hydrogen) atoms. The van der Waals surface area contributed by atoms with Crippen molar-refractivity contribution in [3.63, 3.8) is 0 Å². The molecule has 0 aromatic heterocycles. The van der Waals surface area contributed by atoms with E-state index in [9.17, 15) is 9.59 Å². The lowest BCUT2D eigenvalue weighted by Gasteiger charge is -2.61. The molecule has 1 saturated carbocycles. The maximum Gasteiger partial charge on any atom is 0.242 e. The van der Waals surface area contributed by atoms with E-state index in [0.717, 1.165) is 13.0 Å². The molecular formula is C15H27N3O3. The fraction of sp³-hybridized carbons (Fsp3) is 0.867. The standard InChI is InChI=1S/C15H27N3O3/c1-14(2)11(8-15(14,3)21-5)17(4)13(20)10-18-7-6-16-9-12(18)19/h11,16H,6-10H2,1-5H3/t11-,15+/m1/s1. The first-order chi connectivity index (χ1) is 9.73. The Balaban J connectivity index is 1.96. The van der Waals surface area contributed by atoms with Crippen molar-refractivity contribution >= 4 is 11.8 Å². The van der Waals surface area contributed by atoms with E-state index in [0.29, 0.717) is 13.1 Å². The molecule has 0 spiro atoms. The third kappa shape index (κ3) is 2.66. The van der Waals surface area contributed by atoms with Crippen molar-refractivity contribution in [1.29, 1.82) is 0 Å². The van der Waals surface area contributed by atoms with Gasteiger partial charge in [0.15, 0.2) is 0 Å². The van der Waals surface area contributed by atoms with Crippen LogP contribution in [0.2, 0.25) is 0 Å². The summed E-state index contributed by atoms with van der Waals surface area (Å²) in [7, 11) is 3.55. The quantitative estimate of drug-likeness (QED) is 0.798. The number of rotatable bonds is 4. The van der Waals surface area contributed by atoms with Gasteiger partial charge in [-0.3, -0.25) is 9.59 Å². The van der Waals surface area contributed by atoms with Crippen molar-refractivity contribution in [2.24, 2.45) is 5.41 Å². The molecule has 2 rings (SSSR count). The van der Waals surface area contributed by atoms with E-state index >= 15 is 0 Å². The largest absolute Gasteiger partial charge is 0.378 e. The zero-order valence-electron chi connectivity index (χ0n) is 13.7. The molecule has 0 aromatic rings. The number of likely N-dealkylation sites (N-methyl/N-ethyl adjacent to an activating group) is 1. The number of carbonyl (C=O) groups excluding carboxylic acids is 2. The molecule has 2 aliphatic rings. The lowest BCUT2D eigenvalue weighted by molar-refractivity contribution is -0.207. The summed E-state index contributed by atoms with van der Waals surface area (Å²) in [5, 5.41) is 3.01. The monoisotopic (exact) mass is 297 g/mol. The normalized spacial score (nSPS) is 31.8. The highest BCUT2D eigenvalue weighted by atomic mass is 16.5. The van der Waals surface area contributed by atoms with E-state index in [2.05, 4.69) is 26.1 Å². The molecule has 0 radical (unpaired) electrons. The second-order valence-corrected chi connectivity index (χ2v) is 6.87. The van der Waals surface area contributed by atoms with Crippen LogP contribution in [0.15, 0.2) is 0 Å². The number of piperazine rings is 1. The van der Waals surface area contributed by atoms with E-state index in [4.69, 9.17) is 4.74 Å². The summed E-state index contributed by atoms with van der Waals surface area (Å²) in [6, 6.07) is 0.146. The van der Waals surface area contributed by atoms with Gasteiger partial charge in [-0.1, -0.05) is 13.8 Å². The third-order valence-corrected chi connectivity index (χ3v) is 5.60. The Kier molecular flexibility index (Phi) is 4.31. The number of nitrogens with zero attached hydrogens (tertiary/aromatic N) is 2. The van der Waals surface area contributed by atoms with Gasteiger partial charge in [0, 0.05) is 38.7 Å². The number of amides is 2. The molecular weight excluding hydrogens is 270 g/mol. The van der Waals surface area contributed by atoms with Gasteiger partial charge in [0.1, 0.15) is 0 Å². The molecule has 1 heterocycles.